The quantitative estimate of drug-likeness (QED) is 0.599. The molecule has 2 bridgehead atoms. The van der Waals surface area contributed by atoms with Crippen molar-refractivity contribution in [3.63, 3.8) is 0 Å². The number of halogens is 3. The molecule has 4 rings (SSSR count). The molecule has 0 saturated heterocycles. The van der Waals surface area contributed by atoms with Crippen LogP contribution in [0.1, 0.15) is 38.5 Å². The van der Waals surface area contributed by atoms with Gasteiger partial charge in [-0.2, -0.15) is 0 Å². The molecule has 0 aromatic carbocycles. The summed E-state index contributed by atoms with van der Waals surface area (Å²) >= 11 is 0. The molecular formula is C13H16F3NO4. The Morgan fingerprint density at radius 3 is 2.29 bits per heavy atom. The molecule has 4 fully saturated rings. The van der Waals surface area contributed by atoms with Gasteiger partial charge in [0.1, 0.15) is 12.9 Å². The van der Waals surface area contributed by atoms with Crippen molar-refractivity contribution < 1.29 is 32.2 Å². The predicted molar refractivity (Wildman–Crippen MR) is 62.9 cm³/mol. The van der Waals surface area contributed by atoms with Crippen molar-refractivity contribution in [1.82, 2.24) is 5.32 Å². The SMILES string of the molecule is O=CC12CC(NC(=O)COC3(OC(F)(F)F)CCC3)(C1)C2. The number of carbonyl (C=O) groups excluding carboxylic acids is 2. The van der Waals surface area contributed by atoms with Crippen molar-refractivity contribution in [3.8, 4) is 0 Å². The lowest BCUT2D eigenvalue weighted by Crippen LogP contribution is -2.75. The second kappa shape index (κ2) is 4.42. The summed E-state index contributed by atoms with van der Waals surface area (Å²) in [5.74, 6) is -2.18. The van der Waals surface area contributed by atoms with Crippen molar-refractivity contribution in [3.05, 3.63) is 0 Å². The van der Waals surface area contributed by atoms with E-state index in [1.165, 1.54) is 0 Å². The standard InChI is InChI=1S/C13H16F3NO4/c14-13(15,16)21-12(2-1-3-12)20-4-9(19)17-11-5-10(6-11,7-11)8-18/h8H,1-7H2,(H,17,19). The van der Waals surface area contributed by atoms with E-state index in [0.717, 1.165) is 6.29 Å². The average molecular weight is 307 g/mol. The molecule has 1 N–H and O–H groups in total. The number of alkyl halides is 3. The lowest BCUT2D eigenvalue weighted by Gasteiger charge is -2.68. The highest BCUT2D eigenvalue weighted by Gasteiger charge is 2.68. The van der Waals surface area contributed by atoms with Crippen molar-refractivity contribution in [1.29, 1.82) is 0 Å². The number of hydrogen-bond donors (Lipinski definition) is 1. The number of rotatable bonds is 6. The largest absolute Gasteiger partial charge is 0.524 e. The molecule has 0 unspecified atom stereocenters. The van der Waals surface area contributed by atoms with E-state index < -0.39 is 24.7 Å². The van der Waals surface area contributed by atoms with Crippen LogP contribution in [0.2, 0.25) is 0 Å². The molecule has 8 heteroatoms. The summed E-state index contributed by atoms with van der Waals surface area (Å²) in [5.41, 5.74) is -0.623. The van der Waals surface area contributed by atoms with Gasteiger partial charge < -0.3 is 14.8 Å². The van der Waals surface area contributed by atoms with E-state index >= 15 is 0 Å². The van der Waals surface area contributed by atoms with Crippen LogP contribution in [-0.4, -0.2) is 36.5 Å². The van der Waals surface area contributed by atoms with Crippen LogP contribution in [-0.2, 0) is 19.1 Å². The third kappa shape index (κ3) is 2.66. The van der Waals surface area contributed by atoms with Crippen LogP contribution in [0.4, 0.5) is 13.2 Å². The Morgan fingerprint density at radius 1 is 1.24 bits per heavy atom. The van der Waals surface area contributed by atoms with Gasteiger partial charge in [-0.15, -0.1) is 13.2 Å². The topological polar surface area (TPSA) is 64.6 Å². The van der Waals surface area contributed by atoms with Crippen LogP contribution in [0, 0.1) is 5.41 Å². The van der Waals surface area contributed by atoms with Crippen LogP contribution >= 0.6 is 0 Å². The Labute approximate surface area is 119 Å². The number of aldehydes is 1. The zero-order valence-electron chi connectivity index (χ0n) is 11.3. The van der Waals surface area contributed by atoms with Gasteiger partial charge in [-0.3, -0.25) is 9.53 Å². The molecule has 0 heterocycles. The van der Waals surface area contributed by atoms with E-state index in [4.69, 9.17) is 4.74 Å². The first-order valence-corrected chi connectivity index (χ1v) is 6.88. The Hall–Kier alpha value is -1.15. The van der Waals surface area contributed by atoms with Crippen molar-refractivity contribution in [2.24, 2.45) is 5.41 Å². The highest BCUT2D eigenvalue weighted by Crippen LogP contribution is 2.65. The first kappa shape index (κ1) is 14.8. The summed E-state index contributed by atoms with van der Waals surface area (Å²) < 4.78 is 45.9. The van der Waals surface area contributed by atoms with Gasteiger partial charge in [-0.05, 0) is 25.7 Å². The molecule has 0 spiro atoms. The van der Waals surface area contributed by atoms with Gasteiger partial charge >= 0.3 is 6.36 Å². The lowest BCUT2D eigenvalue weighted by atomic mass is 9.40. The van der Waals surface area contributed by atoms with E-state index in [-0.39, 0.29) is 23.8 Å². The van der Waals surface area contributed by atoms with Crippen molar-refractivity contribution in [2.45, 2.75) is 56.2 Å². The molecule has 0 aromatic rings. The fourth-order valence-corrected chi connectivity index (χ4v) is 3.61. The van der Waals surface area contributed by atoms with Crippen LogP contribution in [0.5, 0.6) is 0 Å². The minimum atomic E-state index is -4.78. The van der Waals surface area contributed by atoms with Crippen molar-refractivity contribution in [2.75, 3.05) is 6.61 Å². The molecule has 4 aliphatic rings. The predicted octanol–water partition coefficient (Wildman–Crippen LogP) is 1.66. The maximum atomic E-state index is 12.3. The second-order valence-corrected chi connectivity index (χ2v) is 6.44. The van der Waals surface area contributed by atoms with Gasteiger partial charge in [0, 0.05) is 23.8 Å². The summed E-state index contributed by atoms with van der Waals surface area (Å²) in [7, 11) is 0. The molecule has 118 valence electrons. The molecule has 0 atom stereocenters. The summed E-state index contributed by atoms with van der Waals surface area (Å²) in [6.07, 6.45) is -1.21. The zero-order valence-corrected chi connectivity index (χ0v) is 11.3. The van der Waals surface area contributed by atoms with E-state index in [2.05, 4.69) is 10.1 Å². The van der Waals surface area contributed by atoms with Gasteiger partial charge in [0.15, 0.2) is 5.79 Å². The maximum absolute atomic E-state index is 12.3. The average Bonchev–Trinajstić information content (AvgIpc) is 2.23. The monoisotopic (exact) mass is 307 g/mol. The molecule has 0 aliphatic heterocycles. The number of carbonyl (C=O) groups is 2. The first-order valence-electron chi connectivity index (χ1n) is 6.88. The fraction of sp³-hybridized carbons (Fsp3) is 0.846. The van der Waals surface area contributed by atoms with Gasteiger partial charge in [0.25, 0.3) is 0 Å². The first-order chi connectivity index (χ1) is 9.70. The van der Waals surface area contributed by atoms with Crippen LogP contribution < -0.4 is 5.32 Å². The highest BCUT2D eigenvalue weighted by atomic mass is 19.4. The Balaban J connectivity index is 1.45. The fourth-order valence-electron chi connectivity index (χ4n) is 3.61. The Kier molecular flexibility index (Phi) is 3.11. The Morgan fingerprint density at radius 2 is 1.86 bits per heavy atom. The molecular weight excluding hydrogens is 291 g/mol. The molecule has 1 amide bonds. The maximum Gasteiger partial charge on any atom is 0.524 e. The molecule has 4 aliphatic carbocycles. The highest BCUT2D eigenvalue weighted by molar-refractivity contribution is 5.80. The van der Waals surface area contributed by atoms with Crippen LogP contribution in [0.15, 0.2) is 0 Å². The summed E-state index contributed by atoms with van der Waals surface area (Å²) in [4.78, 5) is 22.5. The summed E-state index contributed by atoms with van der Waals surface area (Å²) in [6, 6.07) is 0. The lowest BCUT2D eigenvalue weighted by molar-refractivity contribution is -0.432. The number of amides is 1. The van der Waals surface area contributed by atoms with E-state index in [0.29, 0.717) is 25.7 Å². The molecule has 21 heavy (non-hydrogen) atoms. The zero-order chi connectivity index (χ0) is 15.4. The van der Waals surface area contributed by atoms with Gasteiger partial charge in [0.2, 0.25) is 5.91 Å². The minimum Gasteiger partial charge on any atom is -0.349 e. The third-order valence-electron chi connectivity index (χ3n) is 4.61. The summed E-state index contributed by atoms with van der Waals surface area (Å²) in [5, 5.41) is 2.74. The second-order valence-electron chi connectivity index (χ2n) is 6.44. The molecule has 4 saturated carbocycles. The van der Waals surface area contributed by atoms with E-state index in [1.54, 1.807) is 0 Å². The number of ether oxygens (including phenoxy) is 2. The van der Waals surface area contributed by atoms with E-state index in [1.807, 2.05) is 0 Å². The smallest absolute Gasteiger partial charge is 0.349 e. The van der Waals surface area contributed by atoms with Crippen LogP contribution in [0.3, 0.4) is 0 Å². The molecule has 0 radical (unpaired) electrons. The van der Waals surface area contributed by atoms with Crippen molar-refractivity contribution >= 4 is 12.2 Å². The number of hydrogen-bond acceptors (Lipinski definition) is 4. The van der Waals surface area contributed by atoms with E-state index in [9.17, 15) is 22.8 Å². The van der Waals surface area contributed by atoms with Gasteiger partial charge in [-0.25, -0.2) is 0 Å². The van der Waals surface area contributed by atoms with Gasteiger partial charge in [0.05, 0.1) is 0 Å². The minimum absolute atomic E-state index is 0.124. The summed E-state index contributed by atoms with van der Waals surface area (Å²) in [6.45, 7) is -0.466. The normalized spacial score (nSPS) is 36.0. The molecule has 0 aromatic heterocycles. The Bertz CT molecular complexity index is 453. The molecule has 5 nitrogen and oxygen atoms in total. The third-order valence-corrected chi connectivity index (χ3v) is 4.61. The van der Waals surface area contributed by atoms with Gasteiger partial charge in [-0.1, -0.05) is 0 Å². The van der Waals surface area contributed by atoms with Crippen LogP contribution in [0.25, 0.3) is 0 Å². The number of nitrogens with one attached hydrogen (secondary N) is 1.